The molecule has 0 unspecified atom stereocenters. The smallest absolute Gasteiger partial charge is 0.262 e. The minimum absolute atomic E-state index is 0.737. The number of para-hydroxylation sites is 2. The maximum atomic E-state index is 6.36. The number of benzene rings is 4. The van der Waals surface area contributed by atoms with Crippen LogP contribution in [0, 0.1) is 0 Å². The molecule has 0 spiro atoms. The number of nitrogens with one attached hydrogen (secondary N) is 1. The van der Waals surface area contributed by atoms with Gasteiger partial charge < -0.3 is 10.2 Å². The molecule has 46 heavy (non-hydrogen) atoms. The van der Waals surface area contributed by atoms with E-state index in [1.807, 2.05) is 18.2 Å². The summed E-state index contributed by atoms with van der Waals surface area (Å²) in [5, 5.41) is 8.20. The lowest BCUT2D eigenvalue weighted by Crippen LogP contribution is -2.33. The van der Waals surface area contributed by atoms with Crippen molar-refractivity contribution in [3.63, 3.8) is 0 Å². The number of rotatable bonds is 14. The number of halogens is 2. The third-order valence-corrected chi connectivity index (χ3v) is 9.75. The monoisotopic (exact) mass is 682 g/mol. The van der Waals surface area contributed by atoms with Gasteiger partial charge in [0.2, 0.25) is 5.52 Å². The van der Waals surface area contributed by atoms with E-state index in [0.29, 0.717) is 0 Å². The number of hydrogen-bond acceptors (Lipinski definition) is 4. The molecule has 5 aromatic rings. The molecule has 0 fully saturated rings. The Kier molecular flexibility index (Phi) is 12.6. The van der Waals surface area contributed by atoms with Crippen molar-refractivity contribution >= 4 is 79.7 Å². The Morgan fingerprint density at radius 2 is 1.57 bits per heavy atom. The van der Waals surface area contributed by atoms with Crippen molar-refractivity contribution in [3.05, 3.63) is 154 Å². The van der Waals surface area contributed by atoms with E-state index in [-0.39, 0.29) is 0 Å². The zero-order chi connectivity index (χ0) is 32.1. The van der Waals surface area contributed by atoms with Gasteiger partial charge in [-0.1, -0.05) is 107 Å². The molecule has 234 valence electrons. The quantitative estimate of drug-likeness (QED) is 0.0714. The van der Waals surface area contributed by atoms with Crippen LogP contribution in [-0.2, 0) is 6.54 Å². The molecule has 4 aromatic carbocycles. The molecule has 0 aliphatic carbocycles. The molecule has 0 saturated carbocycles. The van der Waals surface area contributed by atoms with Crippen LogP contribution in [0.15, 0.2) is 143 Å². The molecule has 0 saturated heterocycles. The molecule has 1 aromatic heterocycles. The lowest BCUT2D eigenvalue weighted by Gasteiger charge is -2.22. The van der Waals surface area contributed by atoms with Gasteiger partial charge in [-0.15, -0.1) is 0 Å². The first-order valence-electron chi connectivity index (χ1n) is 15.5. The van der Waals surface area contributed by atoms with E-state index in [4.69, 9.17) is 23.2 Å². The summed E-state index contributed by atoms with van der Waals surface area (Å²) in [4.78, 5) is 3.42. The Morgan fingerprint density at radius 3 is 2.26 bits per heavy atom. The van der Waals surface area contributed by atoms with Crippen LogP contribution in [0.1, 0.15) is 31.7 Å². The Bertz CT molecular complexity index is 1800. The molecule has 0 bridgehead atoms. The van der Waals surface area contributed by atoms with Crippen LogP contribution < -0.4 is 14.8 Å². The highest BCUT2D eigenvalue weighted by Gasteiger charge is 2.17. The summed E-state index contributed by atoms with van der Waals surface area (Å²) in [6, 6.07) is 33.1. The fraction of sp³-hybridized carbons (Fsp3) is 0.154. The van der Waals surface area contributed by atoms with Crippen LogP contribution in [0.4, 0.5) is 17.1 Å². The zero-order valence-corrected chi connectivity index (χ0v) is 29.2. The third kappa shape index (κ3) is 9.17. The van der Waals surface area contributed by atoms with E-state index in [0.717, 1.165) is 57.9 Å². The van der Waals surface area contributed by atoms with Crippen molar-refractivity contribution in [1.82, 2.24) is 0 Å². The molecule has 5 rings (SSSR count). The molecule has 1 N–H and O–H groups in total. The van der Waals surface area contributed by atoms with Crippen LogP contribution in [0.3, 0.4) is 0 Å². The van der Waals surface area contributed by atoms with Gasteiger partial charge in [-0.2, -0.15) is 4.57 Å². The van der Waals surface area contributed by atoms with E-state index in [1.54, 1.807) is 23.1 Å². The van der Waals surface area contributed by atoms with Gasteiger partial charge in [0.15, 0.2) is 0 Å². The average molecular weight is 684 g/mol. The van der Waals surface area contributed by atoms with Crippen LogP contribution in [0.2, 0.25) is 10.0 Å². The highest BCUT2D eigenvalue weighted by atomic mass is 35.5. The second-order valence-corrected chi connectivity index (χ2v) is 13.3. The second kappa shape index (κ2) is 17.3. The summed E-state index contributed by atoms with van der Waals surface area (Å²) in [6.45, 7) is 5.99. The van der Waals surface area contributed by atoms with Crippen molar-refractivity contribution in [1.29, 1.82) is 0 Å². The number of aromatic nitrogens is 1. The van der Waals surface area contributed by atoms with Gasteiger partial charge in [0.25, 0.3) is 5.01 Å². The van der Waals surface area contributed by atoms with Crippen LogP contribution >= 0.6 is 46.3 Å². The molecular weight excluding hydrogens is 645 g/mol. The van der Waals surface area contributed by atoms with Gasteiger partial charge in [-0.05, 0) is 92.3 Å². The van der Waals surface area contributed by atoms with Crippen molar-refractivity contribution in [3.8, 4) is 0 Å². The summed E-state index contributed by atoms with van der Waals surface area (Å²) in [5.74, 6) is 0. The summed E-state index contributed by atoms with van der Waals surface area (Å²) in [5.41, 5.74) is 5.70. The number of thioether (sulfide) groups is 1. The van der Waals surface area contributed by atoms with Crippen molar-refractivity contribution in [2.24, 2.45) is 0 Å². The number of thiazole rings is 1. The fourth-order valence-electron chi connectivity index (χ4n) is 5.05. The number of aryl methyl sites for hydroxylation is 1. The molecule has 0 atom stereocenters. The molecule has 0 amide bonds. The maximum Gasteiger partial charge on any atom is 0.262 e. The molecule has 1 heterocycles. The predicted octanol–water partition coefficient (Wildman–Crippen LogP) is 12.3. The van der Waals surface area contributed by atoms with Gasteiger partial charge in [-0.25, -0.2) is 0 Å². The van der Waals surface area contributed by atoms with Crippen molar-refractivity contribution in [2.75, 3.05) is 16.8 Å². The highest BCUT2D eigenvalue weighted by Crippen LogP contribution is 2.31. The summed E-state index contributed by atoms with van der Waals surface area (Å²) < 4.78 is 3.56. The first kappa shape index (κ1) is 33.6. The molecule has 0 aliphatic heterocycles. The number of allylic oxidation sites excluding steroid dienone is 5. The second-order valence-electron chi connectivity index (χ2n) is 10.5. The third-order valence-electron chi connectivity index (χ3n) is 7.24. The minimum atomic E-state index is 0.737. The van der Waals surface area contributed by atoms with Crippen LogP contribution in [0.25, 0.3) is 16.3 Å². The highest BCUT2D eigenvalue weighted by molar-refractivity contribution is 8.02. The molecule has 3 nitrogen and oxygen atoms in total. The normalized spacial score (nSPS) is 12.2. The minimum Gasteiger partial charge on any atom is -0.384 e. The Hall–Kier alpha value is -3.74. The average Bonchev–Trinajstić information content (AvgIpc) is 3.43. The van der Waals surface area contributed by atoms with Gasteiger partial charge in [0.1, 0.15) is 11.2 Å². The maximum absolute atomic E-state index is 6.36. The van der Waals surface area contributed by atoms with E-state index in [1.165, 1.54) is 20.8 Å². The van der Waals surface area contributed by atoms with Crippen LogP contribution in [-0.4, -0.2) is 6.54 Å². The van der Waals surface area contributed by atoms with E-state index in [9.17, 15) is 0 Å². The first-order valence-corrected chi connectivity index (χ1v) is 17.9. The topological polar surface area (TPSA) is 19.1 Å². The van der Waals surface area contributed by atoms with Crippen LogP contribution in [0.5, 0.6) is 0 Å². The summed E-state index contributed by atoms with van der Waals surface area (Å²) in [7, 11) is 0. The molecule has 0 radical (unpaired) electrons. The Balaban J connectivity index is 1.38. The predicted molar refractivity (Wildman–Crippen MR) is 204 cm³/mol. The summed E-state index contributed by atoms with van der Waals surface area (Å²) in [6.07, 6.45) is 15.0. The van der Waals surface area contributed by atoms with Gasteiger partial charge in [-0.3, -0.25) is 0 Å². The lowest BCUT2D eigenvalue weighted by molar-refractivity contribution is -0.665. The molecule has 7 heteroatoms. The van der Waals surface area contributed by atoms with E-state index >= 15 is 0 Å². The Morgan fingerprint density at radius 1 is 0.870 bits per heavy atom. The fourth-order valence-corrected chi connectivity index (χ4v) is 7.22. The SMILES string of the molecule is CCNc1cc(Cl)ccc1SC=CC=CCC/C(C=Cc1sc2ccc(Cl)cc2[n+]1CC)=C/N(c1ccccc1)c1ccccc1. The van der Waals surface area contributed by atoms with Gasteiger partial charge in [0, 0.05) is 56.9 Å². The number of fused-ring (bicyclic) bond motifs is 1. The standard InChI is InChI=1S/C39H38Cl2N3S2/c1-3-42-35-27-31(40)21-23-37(35)45-26-14-6-5-9-15-30(20-25-39-43(4-2)36-28-32(41)22-24-38(36)46-39)29-44(33-16-10-7-11-17-33)34-18-12-8-13-19-34/h5-8,10-14,16-29,42H,3-4,9,15H2,1-2H3/q+1. The largest absolute Gasteiger partial charge is 0.384 e. The van der Waals surface area contributed by atoms with Gasteiger partial charge >= 0.3 is 0 Å². The van der Waals surface area contributed by atoms with E-state index in [2.05, 4.69) is 149 Å². The van der Waals surface area contributed by atoms with Crippen molar-refractivity contribution in [2.45, 2.75) is 38.1 Å². The first-order chi connectivity index (χ1) is 22.6. The molecule has 0 aliphatic rings. The number of hydrogen-bond donors (Lipinski definition) is 1. The van der Waals surface area contributed by atoms with Gasteiger partial charge in [0.05, 0.1) is 0 Å². The van der Waals surface area contributed by atoms with E-state index < -0.39 is 0 Å². The lowest BCUT2D eigenvalue weighted by atomic mass is 10.1. The zero-order valence-electron chi connectivity index (χ0n) is 26.1. The number of nitrogens with zero attached hydrogens (tertiary/aromatic N) is 2. The number of anilines is 3. The van der Waals surface area contributed by atoms with Crippen molar-refractivity contribution < 1.29 is 4.57 Å². The Labute approximate surface area is 291 Å². The summed E-state index contributed by atoms with van der Waals surface area (Å²) >= 11 is 16.0. The molecular formula is C39H38Cl2N3S2+.